The van der Waals surface area contributed by atoms with Crippen molar-refractivity contribution in [2.75, 3.05) is 11.1 Å². The first-order valence-electron chi connectivity index (χ1n) is 10.5. The lowest BCUT2D eigenvalue weighted by molar-refractivity contribution is -0.113. The van der Waals surface area contributed by atoms with Gasteiger partial charge in [-0.1, -0.05) is 58.0 Å². The molecule has 0 fully saturated rings. The van der Waals surface area contributed by atoms with Crippen LogP contribution in [-0.4, -0.2) is 26.4 Å². The van der Waals surface area contributed by atoms with Gasteiger partial charge in [-0.15, -0.1) is 10.2 Å². The maximum atomic E-state index is 12.5. The van der Waals surface area contributed by atoms with Gasteiger partial charge in [0.25, 0.3) is 0 Å². The Morgan fingerprint density at radius 2 is 1.82 bits per heavy atom. The Kier molecular flexibility index (Phi) is 7.05. The van der Waals surface area contributed by atoms with E-state index in [4.69, 9.17) is 4.74 Å². The third-order valence-electron chi connectivity index (χ3n) is 5.52. The molecule has 3 aromatic carbocycles. The molecule has 0 saturated heterocycles. The third-order valence-corrected chi connectivity index (χ3v) is 7.00. The van der Waals surface area contributed by atoms with Gasteiger partial charge < -0.3 is 14.6 Å². The minimum atomic E-state index is -0.0823. The van der Waals surface area contributed by atoms with Crippen LogP contribution in [-0.2, 0) is 18.4 Å². The van der Waals surface area contributed by atoms with E-state index in [0.29, 0.717) is 17.6 Å². The number of hydrogen-bond donors (Lipinski definition) is 1. The standard InChI is InChI=1S/C25H25BrN4O2S/c1-15-11-19(26)12-16(2)24(15)27-23(31)14-33-25-29-28-22(30(25)4)13-32-21-10-9-18-7-5-6-8-20(18)17(21)3/h5-12H,13-14H2,1-4H3,(H,27,31). The fourth-order valence-electron chi connectivity index (χ4n) is 3.72. The van der Waals surface area contributed by atoms with E-state index in [1.54, 1.807) is 0 Å². The normalized spacial score (nSPS) is 11.1. The van der Waals surface area contributed by atoms with Gasteiger partial charge in [-0.05, 0) is 66.4 Å². The molecule has 1 aromatic heterocycles. The number of rotatable bonds is 7. The number of amides is 1. The lowest BCUT2D eigenvalue weighted by atomic mass is 10.0. The van der Waals surface area contributed by atoms with Crippen LogP contribution >= 0.6 is 27.7 Å². The number of aromatic nitrogens is 3. The zero-order chi connectivity index (χ0) is 23.5. The van der Waals surface area contributed by atoms with E-state index < -0.39 is 0 Å². The lowest BCUT2D eigenvalue weighted by Crippen LogP contribution is -2.16. The van der Waals surface area contributed by atoms with Crippen LogP contribution in [0.1, 0.15) is 22.5 Å². The van der Waals surface area contributed by atoms with Crippen molar-refractivity contribution in [2.45, 2.75) is 32.5 Å². The van der Waals surface area contributed by atoms with E-state index >= 15 is 0 Å². The predicted molar refractivity (Wildman–Crippen MR) is 137 cm³/mol. The van der Waals surface area contributed by atoms with Crippen LogP contribution < -0.4 is 10.1 Å². The lowest BCUT2D eigenvalue weighted by Gasteiger charge is -2.12. The van der Waals surface area contributed by atoms with Gasteiger partial charge in [0.15, 0.2) is 11.0 Å². The smallest absolute Gasteiger partial charge is 0.234 e. The Labute approximate surface area is 205 Å². The number of aryl methyl sites for hydroxylation is 3. The molecule has 1 N–H and O–H groups in total. The Balaban J connectivity index is 1.37. The quantitative estimate of drug-likeness (QED) is 0.302. The molecule has 0 aliphatic rings. The fourth-order valence-corrected chi connectivity index (χ4v) is 5.13. The van der Waals surface area contributed by atoms with Crippen LogP contribution in [0.5, 0.6) is 5.75 Å². The summed E-state index contributed by atoms with van der Waals surface area (Å²) in [6.07, 6.45) is 0. The molecule has 0 spiro atoms. The molecule has 0 atom stereocenters. The first-order chi connectivity index (χ1) is 15.8. The number of nitrogens with one attached hydrogen (secondary N) is 1. The molecule has 4 rings (SSSR count). The van der Waals surface area contributed by atoms with Crippen molar-refractivity contribution in [3.63, 3.8) is 0 Å². The summed E-state index contributed by atoms with van der Waals surface area (Å²) < 4.78 is 8.91. The average Bonchev–Trinajstić information content (AvgIpc) is 3.14. The Morgan fingerprint density at radius 1 is 1.09 bits per heavy atom. The molecule has 1 heterocycles. The molecule has 8 heteroatoms. The van der Waals surface area contributed by atoms with Crippen molar-refractivity contribution in [3.8, 4) is 5.75 Å². The summed E-state index contributed by atoms with van der Waals surface area (Å²) >= 11 is 4.83. The van der Waals surface area contributed by atoms with Crippen LogP contribution in [0, 0.1) is 20.8 Å². The third kappa shape index (κ3) is 5.23. The molecule has 33 heavy (non-hydrogen) atoms. The summed E-state index contributed by atoms with van der Waals surface area (Å²) in [6.45, 7) is 6.31. The van der Waals surface area contributed by atoms with Crippen molar-refractivity contribution in [1.29, 1.82) is 0 Å². The summed E-state index contributed by atoms with van der Waals surface area (Å²) in [6, 6.07) is 16.3. The van der Waals surface area contributed by atoms with E-state index in [0.717, 1.165) is 32.6 Å². The van der Waals surface area contributed by atoms with Crippen LogP contribution in [0.15, 0.2) is 58.2 Å². The van der Waals surface area contributed by atoms with E-state index in [1.807, 2.05) is 55.8 Å². The number of ether oxygens (including phenoxy) is 1. The second-order valence-electron chi connectivity index (χ2n) is 7.91. The topological polar surface area (TPSA) is 69.0 Å². The SMILES string of the molecule is Cc1cc(Br)cc(C)c1NC(=O)CSc1nnc(COc2ccc3ccccc3c2C)n1C. The second-order valence-corrected chi connectivity index (χ2v) is 9.77. The summed E-state index contributed by atoms with van der Waals surface area (Å²) in [5.74, 6) is 1.68. The van der Waals surface area contributed by atoms with Gasteiger partial charge in [-0.2, -0.15) is 0 Å². The van der Waals surface area contributed by atoms with E-state index in [1.165, 1.54) is 22.5 Å². The molecule has 0 radical (unpaired) electrons. The number of benzene rings is 3. The molecular weight excluding hydrogens is 500 g/mol. The van der Waals surface area contributed by atoms with Gasteiger partial charge in [-0.3, -0.25) is 4.79 Å². The van der Waals surface area contributed by atoms with Crippen molar-refractivity contribution in [2.24, 2.45) is 7.05 Å². The zero-order valence-electron chi connectivity index (χ0n) is 19.0. The molecule has 1 amide bonds. The minimum absolute atomic E-state index is 0.0823. The Morgan fingerprint density at radius 3 is 2.58 bits per heavy atom. The van der Waals surface area contributed by atoms with Gasteiger partial charge >= 0.3 is 0 Å². The molecule has 0 unspecified atom stereocenters. The molecule has 0 aliphatic heterocycles. The van der Waals surface area contributed by atoms with Crippen LogP contribution in [0.25, 0.3) is 10.8 Å². The number of hydrogen-bond acceptors (Lipinski definition) is 5. The molecule has 170 valence electrons. The van der Waals surface area contributed by atoms with E-state index in [2.05, 4.69) is 56.6 Å². The summed E-state index contributed by atoms with van der Waals surface area (Å²) in [4.78, 5) is 12.5. The number of carbonyl (C=O) groups is 1. The van der Waals surface area contributed by atoms with E-state index in [9.17, 15) is 4.79 Å². The highest BCUT2D eigenvalue weighted by Gasteiger charge is 2.14. The Hall–Kier alpha value is -2.84. The highest BCUT2D eigenvalue weighted by molar-refractivity contribution is 9.10. The highest BCUT2D eigenvalue weighted by Crippen LogP contribution is 2.28. The summed E-state index contributed by atoms with van der Waals surface area (Å²) in [5, 5.41) is 14.5. The number of halogens is 1. The van der Waals surface area contributed by atoms with Crippen molar-refractivity contribution in [1.82, 2.24) is 14.8 Å². The van der Waals surface area contributed by atoms with E-state index in [-0.39, 0.29) is 11.7 Å². The first kappa shape index (κ1) is 23.3. The molecule has 0 saturated carbocycles. The van der Waals surface area contributed by atoms with Crippen LogP contribution in [0.2, 0.25) is 0 Å². The van der Waals surface area contributed by atoms with Crippen LogP contribution in [0.4, 0.5) is 5.69 Å². The second kappa shape index (κ2) is 9.97. The zero-order valence-corrected chi connectivity index (χ0v) is 21.4. The van der Waals surface area contributed by atoms with Gasteiger partial charge in [-0.25, -0.2) is 0 Å². The van der Waals surface area contributed by atoms with Crippen molar-refractivity contribution >= 4 is 50.1 Å². The predicted octanol–water partition coefficient (Wildman–Crippen LogP) is 5.97. The molecule has 0 bridgehead atoms. The summed E-state index contributed by atoms with van der Waals surface area (Å²) in [5.41, 5.74) is 3.98. The molecule has 6 nitrogen and oxygen atoms in total. The molecule has 0 aliphatic carbocycles. The average molecular weight is 525 g/mol. The number of fused-ring (bicyclic) bond motifs is 1. The fraction of sp³-hybridized carbons (Fsp3) is 0.240. The number of thioether (sulfide) groups is 1. The maximum Gasteiger partial charge on any atom is 0.234 e. The van der Waals surface area contributed by atoms with Crippen molar-refractivity contribution < 1.29 is 9.53 Å². The number of anilines is 1. The Bertz CT molecular complexity index is 1310. The minimum Gasteiger partial charge on any atom is -0.485 e. The summed E-state index contributed by atoms with van der Waals surface area (Å²) in [7, 11) is 1.88. The van der Waals surface area contributed by atoms with Gasteiger partial charge in [0, 0.05) is 17.2 Å². The molecular formula is C25H25BrN4O2S. The first-order valence-corrected chi connectivity index (χ1v) is 12.3. The largest absolute Gasteiger partial charge is 0.485 e. The maximum absolute atomic E-state index is 12.5. The number of nitrogens with zero attached hydrogens (tertiary/aromatic N) is 3. The van der Waals surface area contributed by atoms with Gasteiger partial charge in [0.05, 0.1) is 5.75 Å². The van der Waals surface area contributed by atoms with Crippen molar-refractivity contribution in [3.05, 3.63) is 75.5 Å². The number of carbonyl (C=O) groups excluding carboxylic acids is 1. The van der Waals surface area contributed by atoms with Gasteiger partial charge in [0.2, 0.25) is 5.91 Å². The van der Waals surface area contributed by atoms with Gasteiger partial charge in [0.1, 0.15) is 12.4 Å². The monoisotopic (exact) mass is 524 g/mol. The highest BCUT2D eigenvalue weighted by atomic mass is 79.9. The molecule has 4 aromatic rings. The van der Waals surface area contributed by atoms with Crippen LogP contribution in [0.3, 0.4) is 0 Å².